The zero-order chi connectivity index (χ0) is 12.9. The summed E-state index contributed by atoms with van der Waals surface area (Å²) in [5.41, 5.74) is -0.514. The summed E-state index contributed by atoms with van der Waals surface area (Å²) >= 11 is 0. The summed E-state index contributed by atoms with van der Waals surface area (Å²) in [6.07, 6.45) is 4.65. The number of aliphatic carboxylic acids is 1. The zero-order valence-electron chi connectivity index (χ0n) is 10.6. The van der Waals surface area contributed by atoms with Crippen molar-refractivity contribution in [3.63, 3.8) is 0 Å². The van der Waals surface area contributed by atoms with Gasteiger partial charge in [0.15, 0.2) is 0 Å². The third-order valence-electron chi connectivity index (χ3n) is 3.62. The number of ether oxygens (including phenoxy) is 1. The molecule has 0 spiro atoms. The van der Waals surface area contributed by atoms with Gasteiger partial charge in [0.25, 0.3) is 0 Å². The minimum absolute atomic E-state index is 0.0118. The molecule has 0 aromatic carbocycles. The largest absolute Gasteiger partial charge is 0.481 e. The third-order valence-corrected chi connectivity index (χ3v) is 3.62. The molecule has 98 valence electrons. The Labute approximate surface area is 102 Å². The van der Waals surface area contributed by atoms with E-state index in [0.29, 0.717) is 0 Å². The van der Waals surface area contributed by atoms with Crippen molar-refractivity contribution < 1.29 is 19.4 Å². The number of hydrogen-bond donors (Lipinski definition) is 1. The predicted octanol–water partition coefficient (Wildman–Crippen LogP) is 1.27. The molecule has 0 radical (unpaired) electrons. The highest BCUT2D eigenvalue weighted by Crippen LogP contribution is 2.35. The van der Waals surface area contributed by atoms with Gasteiger partial charge in [-0.1, -0.05) is 19.3 Å². The molecule has 1 N–H and O–H groups in total. The van der Waals surface area contributed by atoms with Gasteiger partial charge in [0, 0.05) is 14.2 Å². The third kappa shape index (κ3) is 3.43. The molecular weight excluding hydrogens is 222 g/mol. The first kappa shape index (κ1) is 14.0. The van der Waals surface area contributed by atoms with Crippen molar-refractivity contribution in [3.8, 4) is 0 Å². The van der Waals surface area contributed by atoms with Crippen LogP contribution in [0, 0.1) is 0 Å². The van der Waals surface area contributed by atoms with Gasteiger partial charge in [-0.15, -0.1) is 0 Å². The van der Waals surface area contributed by atoms with Crippen LogP contribution in [0.1, 0.15) is 38.5 Å². The molecule has 0 aliphatic heterocycles. The summed E-state index contributed by atoms with van der Waals surface area (Å²) in [6, 6.07) is 0. The minimum Gasteiger partial charge on any atom is -0.481 e. The average molecular weight is 243 g/mol. The number of carboxylic acid groups (broad SMARTS) is 1. The Balaban J connectivity index is 2.80. The van der Waals surface area contributed by atoms with Crippen molar-refractivity contribution in [2.45, 2.75) is 44.1 Å². The molecule has 1 aliphatic carbocycles. The highest BCUT2D eigenvalue weighted by molar-refractivity contribution is 5.79. The molecule has 1 saturated carbocycles. The minimum atomic E-state index is -0.844. The molecule has 0 aromatic heterocycles. The number of hydrogen-bond acceptors (Lipinski definition) is 3. The topological polar surface area (TPSA) is 66.8 Å². The van der Waals surface area contributed by atoms with Gasteiger partial charge in [0.1, 0.15) is 6.61 Å². The van der Waals surface area contributed by atoms with Gasteiger partial charge >= 0.3 is 5.97 Å². The maximum Gasteiger partial charge on any atom is 0.305 e. The number of carbonyl (C=O) groups is 2. The molecule has 0 aromatic rings. The van der Waals surface area contributed by atoms with E-state index < -0.39 is 11.5 Å². The van der Waals surface area contributed by atoms with Crippen molar-refractivity contribution >= 4 is 11.9 Å². The maximum absolute atomic E-state index is 11.8. The van der Waals surface area contributed by atoms with Crippen LogP contribution in [0.2, 0.25) is 0 Å². The molecular formula is C12H21NO4. The molecule has 5 heteroatoms. The number of likely N-dealkylation sites (N-methyl/N-ethyl adjacent to an activating group) is 1. The number of methoxy groups -OCH3 is 1. The van der Waals surface area contributed by atoms with Crippen LogP contribution in [0.15, 0.2) is 0 Å². The molecule has 17 heavy (non-hydrogen) atoms. The normalized spacial score (nSPS) is 18.7. The monoisotopic (exact) mass is 243 g/mol. The Morgan fingerprint density at radius 2 is 1.88 bits per heavy atom. The van der Waals surface area contributed by atoms with E-state index >= 15 is 0 Å². The second-order valence-corrected chi connectivity index (χ2v) is 4.74. The van der Waals surface area contributed by atoms with E-state index in [4.69, 9.17) is 9.84 Å². The van der Waals surface area contributed by atoms with E-state index in [0.717, 1.165) is 32.1 Å². The van der Waals surface area contributed by atoms with Crippen molar-refractivity contribution in [2.75, 3.05) is 20.8 Å². The van der Waals surface area contributed by atoms with E-state index in [1.807, 2.05) is 0 Å². The lowest BCUT2D eigenvalue weighted by molar-refractivity contribution is -0.147. The molecule has 5 nitrogen and oxygen atoms in total. The number of carbonyl (C=O) groups excluding carboxylic acids is 1. The van der Waals surface area contributed by atoms with Crippen LogP contribution in [0.5, 0.6) is 0 Å². The lowest BCUT2D eigenvalue weighted by atomic mass is 9.78. The van der Waals surface area contributed by atoms with Crippen LogP contribution in [0.3, 0.4) is 0 Å². The van der Waals surface area contributed by atoms with Crippen molar-refractivity contribution in [1.82, 2.24) is 4.90 Å². The molecule has 1 fully saturated rings. The van der Waals surface area contributed by atoms with Crippen LogP contribution in [-0.2, 0) is 14.3 Å². The number of nitrogens with zero attached hydrogens (tertiary/aromatic N) is 1. The summed E-state index contributed by atoms with van der Waals surface area (Å²) < 4.78 is 4.83. The summed E-state index contributed by atoms with van der Waals surface area (Å²) in [6.45, 7) is 0.0118. The Morgan fingerprint density at radius 1 is 1.29 bits per heavy atom. The highest BCUT2D eigenvalue weighted by Gasteiger charge is 2.40. The molecule has 0 unspecified atom stereocenters. The van der Waals surface area contributed by atoms with Gasteiger partial charge in [-0.3, -0.25) is 9.59 Å². The van der Waals surface area contributed by atoms with Crippen LogP contribution in [0.25, 0.3) is 0 Å². The Bertz CT molecular complexity index is 284. The predicted molar refractivity (Wildman–Crippen MR) is 62.7 cm³/mol. The Morgan fingerprint density at radius 3 is 2.35 bits per heavy atom. The Hall–Kier alpha value is -1.10. The van der Waals surface area contributed by atoms with Crippen molar-refractivity contribution in [2.24, 2.45) is 0 Å². The zero-order valence-corrected chi connectivity index (χ0v) is 10.6. The van der Waals surface area contributed by atoms with Crippen molar-refractivity contribution in [1.29, 1.82) is 0 Å². The lowest BCUT2D eigenvalue weighted by Crippen LogP contribution is -2.53. The summed E-state index contributed by atoms with van der Waals surface area (Å²) in [5, 5.41) is 9.02. The summed E-state index contributed by atoms with van der Waals surface area (Å²) in [7, 11) is 3.16. The maximum atomic E-state index is 11.8. The number of carboxylic acids is 1. The van der Waals surface area contributed by atoms with E-state index in [1.54, 1.807) is 11.9 Å². The van der Waals surface area contributed by atoms with Gasteiger partial charge in [-0.2, -0.15) is 0 Å². The first-order valence-electron chi connectivity index (χ1n) is 5.99. The molecule has 0 atom stereocenters. The molecule has 1 amide bonds. The highest BCUT2D eigenvalue weighted by atomic mass is 16.5. The van der Waals surface area contributed by atoms with Gasteiger partial charge in [-0.25, -0.2) is 0 Å². The molecule has 1 rings (SSSR count). The van der Waals surface area contributed by atoms with Gasteiger partial charge in [-0.05, 0) is 12.8 Å². The van der Waals surface area contributed by atoms with E-state index in [-0.39, 0.29) is 18.9 Å². The van der Waals surface area contributed by atoms with Crippen molar-refractivity contribution in [3.05, 3.63) is 0 Å². The van der Waals surface area contributed by atoms with E-state index in [2.05, 4.69) is 0 Å². The standard InChI is InChI=1S/C12H21NO4/c1-13(10(14)9-17-2)12(8-11(15)16)6-4-3-5-7-12/h3-9H2,1-2H3,(H,15,16). The molecule has 0 heterocycles. The molecule has 0 saturated heterocycles. The first-order chi connectivity index (χ1) is 8.02. The van der Waals surface area contributed by atoms with Gasteiger partial charge < -0.3 is 14.7 Å². The summed E-state index contributed by atoms with van der Waals surface area (Å²) in [5.74, 6) is -0.986. The van der Waals surface area contributed by atoms with Gasteiger partial charge in [0.2, 0.25) is 5.91 Å². The smallest absolute Gasteiger partial charge is 0.305 e. The fourth-order valence-electron chi connectivity index (χ4n) is 2.61. The van der Waals surface area contributed by atoms with Crippen LogP contribution >= 0.6 is 0 Å². The summed E-state index contributed by atoms with van der Waals surface area (Å²) in [4.78, 5) is 24.4. The fourth-order valence-corrected chi connectivity index (χ4v) is 2.61. The number of rotatable bonds is 5. The fraction of sp³-hybridized carbons (Fsp3) is 0.833. The van der Waals surface area contributed by atoms with Crippen LogP contribution < -0.4 is 0 Å². The molecule has 1 aliphatic rings. The van der Waals surface area contributed by atoms with Crippen LogP contribution in [0.4, 0.5) is 0 Å². The SMILES string of the molecule is COCC(=O)N(C)C1(CC(=O)O)CCCCC1. The van der Waals surface area contributed by atoms with E-state index in [9.17, 15) is 9.59 Å². The lowest BCUT2D eigenvalue weighted by Gasteiger charge is -2.43. The first-order valence-corrected chi connectivity index (χ1v) is 5.99. The van der Waals surface area contributed by atoms with Gasteiger partial charge in [0.05, 0.1) is 12.0 Å². The quantitative estimate of drug-likeness (QED) is 0.789. The number of amides is 1. The second kappa shape index (κ2) is 6.00. The average Bonchev–Trinajstić information content (AvgIpc) is 2.28. The van der Waals surface area contributed by atoms with Crippen LogP contribution in [-0.4, -0.2) is 48.2 Å². The second-order valence-electron chi connectivity index (χ2n) is 4.74. The molecule has 0 bridgehead atoms. The Kier molecular flexibility index (Phi) is 4.93. The van der Waals surface area contributed by atoms with E-state index in [1.165, 1.54) is 7.11 Å².